The first-order chi connectivity index (χ1) is 16.8. The van der Waals surface area contributed by atoms with Crippen LogP contribution in [0.25, 0.3) is 16.8 Å². The number of nitrogens with one attached hydrogen (secondary N) is 1. The van der Waals surface area contributed by atoms with Crippen LogP contribution < -0.4 is 0 Å². The van der Waals surface area contributed by atoms with Gasteiger partial charge in [0.25, 0.3) is 0 Å². The number of rotatable bonds is 9. The van der Waals surface area contributed by atoms with Gasteiger partial charge in [0.2, 0.25) is 0 Å². The predicted octanol–water partition coefficient (Wildman–Crippen LogP) is 7.50. The Kier molecular flexibility index (Phi) is 8.12. The first kappa shape index (κ1) is 25.2. The number of benzene rings is 1. The quantitative estimate of drug-likeness (QED) is 0.329. The summed E-state index contributed by atoms with van der Waals surface area (Å²) in [7, 11) is 0. The SMILES string of the molecule is CC/C(=C\C=C(/C)CN1CCCC1)c1cc(Cc2cn(C(C)C)nc2-c2ccc(C)cc2)c(C)[nH]1. The molecule has 0 atom stereocenters. The third-order valence-corrected chi connectivity index (χ3v) is 7.13. The van der Waals surface area contributed by atoms with E-state index in [1.54, 1.807) is 0 Å². The molecule has 3 heterocycles. The lowest BCUT2D eigenvalue weighted by atomic mass is 10.0. The minimum Gasteiger partial charge on any atom is -0.359 e. The Labute approximate surface area is 211 Å². The predicted molar refractivity (Wildman–Crippen MR) is 149 cm³/mol. The number of hydrogen-bond donors (Lipinski definition) is 1. The normalized spacial score (nSPS) is 15.5. The molecule has 4 heteroatoms. The molecule has 3 aromatic rings. The molecule has 1 aromatic carbocycles. The molecular formula is C31H42N4. The second kappa shape index (κ2) is 11.3. The first-order valence-corrected chi connectivity index (χ1v) is 13.3. The fourth-order valence-electron chi connectivity index (χ4n) is 4.93. The van der Waals surface area contributed by atoms with E-state index in [1.807, 2.05) is 0 Å². The Morgan fingerprint density at radius 2 is 1.77 bits per heavy atom. The maximum absolute atomic E-state index is 4.97. The zero-order valence-electron chi connectivity index (χ0n) is 22.5. The minimum atomic E-state index is 0.334. The van der Waals surface area contributed by atoms with Crippen LogP contribution in [0.2, 0.25) is 0 Å². The maximum atomic E-state index is 4.97. The molecule has 4 nitrogen and oxygen atoms in total. The molecule has 1 saturated heterocycles. The Hall–Kier alpha value is -2.85. The number of nitrogens with zero attached hydrogens (tertiary/aromatic N) is 3. The Balaban J connectivity index is 1.58. The summed E-state index contributed by atoms with van der Waals surface area (Å²) in [5.41, 5.74) is 11.4. The molecule has 4 rings (SSSR count). The van der Waals surface area contributed by atoms with Crippen LogP contribution in [0.4, 0.5) is 0 Å². The summed E-state index contributed by atoms with van der Waals surface area (Å²) in [4.78, 5) is 6.23. The molecule has 2 aromatic heterocycles. The van der Waals surface area contributed by atoms with E-state index in [2.05, 4.69) is 105 Å². The highest BCUT2D eigenvalue weighted by atomic mass is 15.3. The van der Waals surface area contributed by atoms with Crippen molar-refractivity contribution in [1.29, 1.82) is 0 Å². The van der Waals surface area contributed by atoms with Crippen LogP contribution >= 0.6 is 0 Å². The molecule has 0 radical (unpaired) electrons. The summed E-state index contributed by atoms with van der Waals surface area (Å²) in [6.07, 6.45) is 11.4. The lowest BCUT2D eigenvalue weighted by molar-refractivity contribution is 0.368. The van der Waals surface area contributed by atoms with Gasteiger partial charge in [-0.2, -0.15) is 5.10 Å². The summed E-state index contributed by atoms with van der Waals surface area (Å²) in [5.74, 6) is 0. The van der Waals surface area contributed by atoms with Gasteiger partial charge in [0, 0.05) is 47.7 Å². The standard InChI is InChI=1S/C31H42N4/c1-7-26(13-12-24(5)20-34-16-8-9-17-34)30-19-28(25(6)32-30)18-29-21-35(22(2)3)33-31(29)27-14-10-23(4)11-15-27/h10-15,19,21-22,32H,7-9,16-18,20H2,1-6H3/b24-12+,26-13+. The van der Waals surface area contributed by atoms with Crippen molar-refractivity contribution < 1.29 is 0 Å². The van der Waals surface area contributed by atoms with Crippen molar-refractivity contribution in [2.45, 2.75) is 73.3 Å². The molecule has 0 unspecified atom stereocenters. The van der Waals surface area contributed by atoms with Crippen molar-refractivity contribution in [2.24, 2.45) is 0 Å². The fourth-order valence-corrected chi connectivity index (χ4v) is 4.93. The smallest absolute Gasteiger partial charge is 0.0958 e. The monoisotopic (exact) mass is 470 g/mol. The van der Waals surface area contributed by atoms with E-state index in [0.29, 0.717) is 6.04 Å². The Morgan fingerprint density at radius 3 is 2.43 bits per heavy atom. The van der Waals surface area contributed by atoms with Gasteiger partial charge in [0.15, 0.2) is 0 Å². The summed E-state index contributed by atoms with van der Waals surface area (Å²) >= 11 is 0. The first-order valence-electron chi connectivity index (χ1n) is 13.3. The minimum absolute atomic E-state index is 0.334. The average molecular weight is 471 g/mol. The Morgan fingerprint density at radius 1 is 1.06 bits per heavy atom. The second-order valence-electron chi connectivity index (χ2n) is 10.5. The third-order valence-electron chi connectivity index (χ3n) is 7.13. The number of aromatic amines is 1. The second-order valence-corrected chi connectivity index (χ2v) is 10.5. The molecule has 0 bridgehead atoms. The summed E-state index contributed by atoms with van der Waals surface area (Å²) in [5, 5.41) is 4.97. The highest BCUT2D eigenvalue weighted by Crippen LogP contribution is 2.29. The molecule has 1 aliphatic heterocycles. The lowest BCUT2D eigenvalue weighted by Gasteiger charge is -2.14. The molecule has 186 valence electrons. The molecule has 1 aliphatic rings. The zero-order valence-corrected chi connectivity index (χ0v) is 22.5. The number of hydrogen-bond acceptors (Lipinski definition) is 2. The van der Waals surface area contributed by atoms with Gasteiger partial charge < -0.3 is 4.98 Å². The number of likely N-dealkylation sites (tertiary alicyclic amines) is 1. The Bertz CT molecular complexity index is 1180. The van der Waals surface area contributed by atoms with Gasteiger partial charge in [-0.05, 0) is 84.2 Å². The lowest BCUT2D eigenvalue weighted by Crippen LogP contribution is -2.20. The third kappa shape index (κ3) is 6.24. The largest absolute Gasteiger partial charge is 0.359 e. The van der Waals surface area contributed by atoms with Crippen molar-refractivity contribution in [3.8, 4) is 11.3 Å². The molecule has 0 aliphatic carbocycles. The van der Waals surface area contributed by atoms with E-state index in [4.69, 9.17) is 5.10 Å². The molecule has 0 spiro atoms. The summed E-state index contributed by atoms with van der Waals surface area (Å²) in [6.45, 7) is 16.8. The van der Waals surface area contributed by atoms with Gasteiger partial charge >= 0.3 is 0 Å². The highest BCUT2D eigenvalue weighted by Gasteiger charge is 2.16. The van der Waals surface area contributed by atoms with Crippen molar-refractivity contribution in [1.82, 2.24) is 19.7 Å². The van der Waals surface area contributed by atoms with Gasteiger partial charge in [-0.25, -0.2) is 0 Å². The van der Waals surface area contributed by atoms with Crippen molar-refractivity contribution in [2.75, 3.05) is 19.6 Å². The van der Waals surface area contributed by atoms with Crippen molar-refractivity contribution in [3.05, 3.63) is 82.3 Å². The molecular weight excluding hydrogens is 428 g/mol. The van der Waals surface area contributed by atoms with Gasteiger partial charge in [0.05, 0.1) is 5.69 Å². The number of aryl methyl sites for hydroxylation is 2. The van der Waals surface area contributed by atoms with Crippen LogP contribution in [0.5, 0.6) is 0 Å². The summed E-state index contributed by atoms with van der Waals surface area (Å²) in [6, 6.07) is 11.4. The number of aromatic nitrogens is 3. The van der Waals surface area contributed by atoms with Crippen molar-refractivity contribution >= 4 is 5.57 Å². The van der Waals surface area contributed by atoms with Gasteiger partial charge in [0.1, 0.15) is 0 Å². The van der Waals surface area contributed by atoms with Crippen LogP contribution in [0, 0.1) is 13.8 Å². The summed E-state index contributed by atoms with van der Waals surface area (Å²) < 4.78 is 2.10. The average Bonchev–Trinajstić information content (AvgIpc) is 3.56. The van der Waals surface area contributed by atoms with Crippen LogP contribution in [-0.2, 0) is 6.42 Å². The van der Waals surface area contributed by atoms with E-state index < -0.39 is 0 Å². The van der Waals surface area contributed by atoms with Gasteiger partial charge in [-0.1, -0.05) is 54.5 Å². The maximum Gasteiger partial charge on any atom is 0.0958 e. The van der Waals surface area contributed by atoms with Crippen molar-refractivity contribution in [3.63, 3.8) is 0 Å². The van der Waals surface area contributed by atoms with Gasteiger partial charge in [-0.15, -0.1) is 0 Å². The number of H-pyrrole nitrogens is 1. The van der Waals surface area contributed by atoms with Crippen LogP contribution in [0.3, 0.4) is 0 Å². The van der Waals surface area contributed by atoms with E-state index in [0.717, 1.165) is 25.1 Å². The van der Waals surface area contributed by atoms with Gasteiger partial charge in [-0.3, -0.25) is 9.58 Å². The van der Waals surface area contributed by atoms with Crippen LogP contribution in [0.15, 0.2) is 54.3 Å². The molecule has 0 amide bonds. The molecule has 1 fully saturated rings. The van der Waals surface area contributed by atoms with E-state index >= 15 is 0 Å². The van der Waals surface area contributed by atoms with E-state index in [1.165, 1.54) is 70.7 Å². The van der Waals surface area contributed by atoms with Crippen LogP contribution in [0.1, 0.15) is 81.1 Å². The van der Waals surface area contributed by atoms with E-state index in [9.17, 15) is 0 Å². The molecule has 0 saturated carbocycles. The zero-order chi connectivity index (χ0) is 24.9. The molecule has 1 N–H and O–H groups in total. The topological polar surface area (TPSA) is 36.9 Å². The molecule has 35 heavy (non-hydrogen) atoms. The van der Waals surface area contributed by atoms with Crippen LogP contribution in [-0.4, -0.2) is 39.3 Å². The fraction of sp³-hybridized carbons (Fsp3) is 0.452. The number of allylic oxidation sites excluding steroid dienone is 3. The van der Waals surface area contributed by atoms with E-state index in [-0.39, 0.29) is 0 Å². The highest BCUT2D eigenvalue weighted by molar-refractivity contribution is 5.67.